The van der Waals surface area contributed by atoms with Crippen molar-refractivity contribution in [2.24, 2.45) is 0 Å². The first kappa shape index (κ1) is 23.2. The molecule has 7 nitrogen and oxygen atoms in total. The molecular formula is C22H24ClNO6. The number of ether oxygens (including phenoxy) is 3. The number of hydrogen-bond donors (Lipinski definition) is 1. The number of amides is 1. The Hall–Kier alpha value is -3.06. The zero-order chi connectivity index (χ0) is 22.1. The van der Waals surface area contributed by atoms with Crippen LogP contribution >= 0.6 is 11.6 Å². The summed E-state index contributed by atoms with van der Waals surface area (Å²) in [6, 6.07) is 11.7. The topological polar surface area (TPSA) is 90.9 Å². The van der Waals surface area contributed by atoms with E-state index in [2.05, 4.69) is 5.32 Å². The molecule has 1 atom stereocenters. The second kappa shape index (κ2) is 11.2. The largest absolute Gasteiger partial charge is 0.493 e. The summed E-state index contributed by atoms with van der Waals surface area (Å²) in [7, 11) is 3.07. The number of hydrogen-bond acceptors (Lipinski definition) is 6. The van der Waals surface area contributed by atoms with Crippen LogP contribution in [0.5, 0.6) is 11.5 Å². The Balaban J connectivity index is 1.78. The third-order valence-corrected chi connectivity index (χ3v) is 4.57. The van der Waals surface area contributed by atoms with Crippen molar-refractivity contribution in [3.8, 4) is 11.5 Å². The predicted molar refractivity (Wildman–Crippen MR) is 112 cm³/mol. The lowest BCUT2D eigenvalue weighted by molar-refractivity contribution is -0.154. The van der Waals surface area contributed by atoms with E-state index in [4.69, 9.17) is 25.8 Å². The molecule has 30 heavy (non-hydrogen) atoms. The van der Waals surface area contributed by atoms with Crippen molar-refractivity contribution >= 4 is 29.3 Å². The van der Waals surface area contributed by atoms with Crippen LogP contribution in [0.25, 0.3) is 0 Å². The highest BCUT2D eigenvalue weighted by Crippen LogP contribution is 2.27. The lowest BCUT2D eigenvalue weighted by Crippen LogP contribution is -2.35. The molecule has 1 N–H and O–H groups in total. The zero-order valence-corrected chi connectivity index (χ0v) is 17.8. The monoisotopic (exact) mass is 433 g/mol. The van der Waals surface area contributed by atoms with Crippen molar-refractivity contribution in [2.75, 3.05) is 14.2 Å². The Labute approximate surface area is 180 Å². The summed E-state index contributed by atoms with van der Waals surface area (Å²) in [5.41, 5.74) is 1.26. The average molecular weight is 434 g/mol. The highest BCUT2D eigenvalue weighted by atomic mass is 35.5. The minimum atomic E-state index is -0.983. The van der Waals surface area contributed by atoms with Gasteiger partial charge in [0.1, 0.15) is 0 Å². The summed E-state index contributed by atoms with van der Waals surface area (Å²) in [6.45, 7) is 1.71. The maximum absolute atomic E-state index is 12.2. The lowest BCUT2D eigenvalue weighted by atomic mass is 10.1. The van der Waals surface area contributed by atoms with Crippen molar-refractivity contribution in [3.05, 3.63) is 58.6 Å². The third kappa shape index (κ3) is 6.77. The smallest absolute Gasteiger partial charge is 0.307 e. The SMILES string of the molecule is COc1ccc(CNC(=O)C(C)OC(=O)CCC(=O)c2ccc(Cl)cc2)cc1OC. The average Bonchev–Trinajstić information content (AvgIpc) is 2.75. The number of nitrogens with one attached hydrogen (secondary N) is 1. The first-order valence-electron chi connectivity index (χ1n) is 9.31. The number of methoxy groups -OCH3 is 2. The lowest BCUT2D eigenvalue weighted by Gasteiger charge is -2.14. The molecule has 2 rings (SSSR count). The number of carbonyl (C=O) groups excluding carboxylic acids is 3. The minimum Gasteiger partial charge on any atom is -0.493 e. The van der Waals surface area contributed by atoms with Crippen LogP contribution in [0.4, 0.5) is 0 Å². The van der Waals surface area contributed by atoms with Gasteiger partial charge in [-0.15, -0.1) is 0 Å². The molecule has 1 unspecified atom stereocenters. The van der Waals surface area contributed by atoms with E-state index in [0.717, 1.165) is 5.56 Å². The first-order chi connectivity index (χ1) is 14.3. The number of halogens is 1. The van der Waals surface area contributed by atoms with Crippen LogP contribution in [0, 0.1) is 0 Å². The second-order valence-corrected chi connectivity index (χ2v) is 6.91. The number of rotatable bonds is 10. The van der Waals surface area contributed by atoms with Crippen molar-refractivity contribution in [3.63, 3.8) is 0 Å². The molecule has 0 fully saturated rings. The van der Waals surface area contributed by atoms with Gasteiger partial charge in [-0.3, -0.25) is 14.4 Å². The highest BCUT2D eigenvalue weighted by Gasteiger charge is 2.19. The molecule has 0 spiro atoms. The molecule has 0 aliphatic rings. The van der Waals surface area contributed by atoms with Crippen LogP contribution in [0.15, 0.2) is 42.5 Å². The molecule has 0 aliphatic heterocycles. The summed E-state index contributed by atoms with van der Waals surface area (Å²) in [4.78, 5) is 36.3. The van der Waals surface area contributed by atoms with E-state index in [9.17, 15) is 14.4 Å². The molecule has 0 radical (unpaired) electrons. The van der Waals surface area contributed by atoms with Crippen LogP contribution in [0.1, 0.15) is 35.7 Å². The van der Waals surface area contributed by atoms with Crippen LogP contribution < -0.4 is 14.8 Å². The second-order valence-electron chi connectivity index (χ2n) is 6.47. The van der Waals surface area contributed by atoms with Gasteiger partial charge in [-0.25, -0.2) is 0 Å². The van der Waals surface area contributed by atoms with E-state index in [1.165, 1.54) is 14.0 Å². The van der Waals surface area contributed by atoms with Gasteiger partial charge in [0.25, 0.3) is 5.91 Å². The van der Waals surface area contributed by atoms with Crippen LogP contribution in [-0.2, 0) is 20.9 Å². The maximum atomic E-state index is 12.2. The van der Waals surface area contributed by atoms with Gasteiger partial charge in [-0.2, -0.15) is 0 Å². The fourth-order valence-corrected chi connectivity index (χ4v) is 2.75. The molecule has 2 aromatic carbocycles. The van der Waals surface area contributed by atoms with E-state index in [1.54, 1.807) is 49.6 Å². The fourth-order valence-electron chi connectivity index (χ4n) is 2.63. The van der Waals surface area contributed by atoms with Crippen molar-refractivity contribution < 1.29 is 28.6 Å². The summed E-state index contributed by atoms with van der Waals surface area (Å²) < 4.78 is 15.5. The number of Topliss-reactive ketones (excluding diaryl/α,β-unsaturated/α-hetero) is 1. The van der Waals surface area contributed by atoms with E-state index in [0.29, 0.717) is 22.1 Å². The molecule has 1 amide bonds. The van der Waals surface area contributed by atoms with Crippen LogP contribution in [-0.4, -0.2) is 38.0 Å². The van der Waals surface area contributed by atoms with E-state index in [1.807, 2.05) is 0 Å². The molecule has 0 saturated heterocycles. The quantitative estimate of drug-likeness (QED) is 0.455. The van der Waals surface area contributed by atoms with Crippen molar-refractivity contribution in [1.82, 2.24) is 5.32 Å². The first-order valence-corrected chi connectivity index (χ1v) is 9.68. The normalized spacial score (nSPS) is 11.3. The number of ketones is 1. The van der Waals surface area contributed by atoms with Gasteiger partial charge in [0, 0.05) is 23.6 Å². The van der Waals surface area contributed by atoms with Gasteiger partial charge in [-0.1, -0.05) is 17.7 Å². The van der Waals surface area contributed by atoms with E-state index >= 15 is 0 Å². The Morgan fingerprint density at radius 2 is 1.63 bits per heavy atom. The van der Waals surface area contributed by atoms with Gasteiger partial charge in [0.05, 0.1) is 20.6 Å². The molecule has 0 bridgehead atoms. The Kier molecular flexibility index (Phi) is 8.68. The predicted octanol–water partition coefficient (Wildman–Crippen LogP) is 3.57. The number of esters is 1. The van der Waals surface area contributed by atoms with Gasteiger partial charge in [0.2, 0.25) is 0 Å². The van der Waals surface area contributed by atoms with Crippen LogP contribution in [0.3, 0.4) is 0 Å². The van der Waals surface area contributed by atoms with E-state index < -0.39 is 18.0 Å². The Morgan fingerprint density at radius 3 is 2.27 bits per heavy atom. The standard InChI is InChI=1S/C22H24ClNO6/c1-14(22(27)24-13-15-4-10-19(28-2)20(12-15)29-3)30-21(26)11-9-18(25)16-5-7-17(23)8-6-16/h4-8,10,12,14H,9,11,13H2,1-3H3,(H,24,27). The number of carbonyl (C=O) groups is 3. The molecule has 0 aliphatic carbocycles. The van der Waals surface area contributed by atoms with Gasteiger partial charge >= 0.3 is 5.97 Å². The Morgan fingerprint density at radius 1 is 0.967 bits per heavy atom. The van der Waals surface area contributed by atoms with Crippen molar-refractivity contribution in [1.29, 1.82) is 0 Å². The maximum Gasteiger partial charge on any atom is 0.307 e. The molecule has 0 saturated carbocycles. The van der Waals surface area contributed by atoms with Gasteiger partial charge in [-0.05, 0) is 48.9 Å². The summed E-state index contributed by atoms with van der Waals surface area (Å²) >= 11 is 5.79. The number of benzene rings is 2. The molecule has 0 aromatic heterocycles. The summed E-state index contributed by atoms with van der Waals surface area (Å²) in [5, 5.41) is 3.22. The molecule has 2 aromatic rings. The van der Waals surface area contributed by atoms with Crippen LogP contribution in [0.2, 0.25) is 5.02 Å². The summed E-state index contributed by atoms with van der Waals surface area (Å²) in [6.07, 6.45) is -1.11. The molecule has 0 heterocycles. The minimum absolute atomic E-state index is 0.0134. The van der Waals surface area contributed by atoms with Gasteiger partial charge < -0.3 is 19.5 Å². The molecule has 8 heteroatoms. The summed E-state index contributed by atoms with van der Waals surface area (Å²) in [5.74, 6) is -0.125. The molecular weight excluding hydrogens is 410 g/mol. The fraction of sp³-hybridized carbons (Fsp3) is 0.318. The highest BCUT2D eigenvalue weighted by molar-refractivity contribution is 6.30. The molecule has 160 valence electrons. The zero-order valence-electron chi connectivity index (χ0n) is 17.1. The van der Waals surface area contributed by atoms with Gasteiger partial charge in [0.15, 0.2) is 23.4 Å². The third-order valence-electron chi connectivity index (χ3n) is 4.31. The Bertz CT molecular complexity index is 897. The van der Waals surface area contributed by atoms with Crippen molar-refractivity contribution in [2.45, 2.75) is 32.4 Å². The van der Waals surface area contributed by atoms with E-state index in [-0.39, 0.29) is 25.2 Å².